The minimum absolute atomic E-state index is 0.0154. The number of halogens is 3. The van der Waals surface area contributed by atoms with Gasteiger partial charge in [-0.1, -0.05) is 48.5 Å². The molecule has 2 fully saturated rings. The fraction of sp³-hybridized carbons (Fsp3) is 0.382. The number of nitrogens with zero attached hydrogens (tertiary/aromatic N) is 3. The molecule has 1 saturated carbocycles. The van der Waals surface area contributed by atoms with Crippen molar-refractivity contribution in [1.29, 1.82) is 0 Å². The van der Waals surface area contributed by atoms with Crippen LogP contribution >= 0.6 is 0 Å². The number of hydrogen-bond acceptors (Lipinski definition) is 2. The van der Waals surface area contributed by atoms with Crippen LogP contribution in [-0.2, 0) is 13.1 Å². The molecule has 0 amide bonds. The number of alkyl halides is 2. The highest BCUT2D eigenvalue weighted by Crippen LogP contribution is 2.44. The van der Waals surface area contributed by atoms with Gasteiger partial charge in [0, 0.05) is 31.8 Å². The Bertz CT molecular complexity index is 1540. The molecular weight excluding hydrogens is 507 g/mol. The Kier molecular flexibility index (Phi) is 7.30. The molecule has 6 rings (SSSR count). The number of rotatable bonds is 7. The summed E-state index contributed by atoms with van der Waals surface area (Å²) in [6.07, 6.45) is 4.01. The summed E-state index contributed by atoms with van der Waals surface area (Å²) in [5, 5.41) is 0. The van der Waals surface area contributed by atoms with Gasteiger partial charge < -0.3 is 4.57 Å². The summed E-state index contributed by atoms with van der Waals surface area (Å²) >= 11 is 0. The monoisotopic (exact) mass is 543 g/mol. The average molecular weight is 544 g/mol. The Morgan fingerprint density at radius 3 is 2.48 bits per heavy atom. The summed E-state index contributed by atoms with van der Waals surface area (Å²) in [5.74, 6) is -1.32. The maximum absolute atomic E-state index is 13.9. The molecule has 0 atom stereocenters. The summed E-state index contributed by atoms with van der Waals surface area (Å²) in [6.45, 7) is 7.57. The number of likely N-dealkylation sites (tertiary alicyclic amines) is 1. The van der Waals surface area contributed by atoms with Crippen LogP contribution in [0.4, 0.5) is 13.2 Å². The fourth-order valence-corrected chi connectivity index (χ4v) is 6.64. The van der Waals surface area contributed by atoms with Crippen LogP contribution in [0.5, 0.6) is 0 Å². The van der Waals surface area contributed by atoms with Crippen molar-refractivity contribution in [3.8, 4) is 0 Å². The lowest BCUT2D eigenvalue weighted by atomic mass is 9.81. The second-order valence-electron chi connectivity index (χ2n) is 11.6. The highest BCUT2D eigenvalue weighted by Gasteiger charge is 2.45. The van der Waals surface area contributed by atoms with Crippen molar-refractivity contribution >= 4 is 16.6 Å². The van der Waals surface area contributed by atoms with E-state index in [0.29, 0.717) is 12.5 Å². The first-order valence-electron chi connectivity index (χ1n) is 14.4. The molecule has 40 heavy (non-hydrogen) atoms. The Labute approximate surface area is 234 Å². The van der Waals surface area contributed by atoms with E-state index in [1.807, 2.05) is 37.3 Å². The first-order chi connectivity index (χ1) is 19.3. The second kappa shape index (κ2) is 10.9. The van der Waals surface area contributed by atoms with E-state index in [9.17, 15) is 13.2 Å². The van der Waals surface area contributed by atoms with Crippen molar-refractivity contribution < 1.29 is 13.2 Å². The minimum atomic E-state index is -2.50. The zero-order valence-electron chi connectivity index (χ0n) is 23.2. The number of para-hydroxylation sites is 2. The topological polar surface area (TPSA) is 21.1 Å². The first kappa shape index (κ1) is 26.8. The van der Waals surface area contributed by atoms with E-state index < -0.39 is 5.92 Å². The predicted molar refractivity (Wildman–Crippen MR) is 155 cm³/mol. The third-order valence-electron chi connectivity index (χ3n) is 8.66. The molecular formula is C34H36F3N3. The molecule has 0 N–H and O–H groups in total. The Morgan fingerprint density at radius 1 is 1.00 bits per heavy atom. The standard InChI is InChI=1S/C34H36F3N3/c1-3-29(27-7-6-8-28(35)18-27)30-12-11-24(17-23(30)2)21-39-15-13-26(14-16-39)33-38-31-9-4-5-10-32(31)40(33)22-25-19-34(36,37)20-25/h3-12,17-18,25-26H,13-16,19-22H2,1-2H3/b29-3-. The fourth-order valence-electron chi connectivity index (χ4n) is 6.64. The summed E-state index contributed by atoms with van der Waals surface area (Å²) < 4.78 is 43.2. The maximum atomic E-state index is 13.9. The van der Waals surface area contributed by atoms with Gasteiger partial charge in [-0.3, -0.25) is 4.90 Å². The summed E-state index contributed by atoms with van der Waals surface area (Å²) in [5.41, 5.74) is 7.52. The third-order valence-corrected chi connectivity index (χ3v) is 8.66. The highest BCUT2D eigenvalue weighted by molar-refractivity contribution is 5.81. The van der Waals surface area contributed by atoms with Crippen molar-refractivity contribution in [2.24, 2.45) is 5.92 Å². The lowest BCUT2D eigenvalue weighted by Crippen LogP contribution is -2.38. The quantitative estimate of drug-likeness (QED) is 0.234. The number of aryl methyl sites for hydroxylation is 1. The normalized spacial score (nSPS) is 18.8. The van der Waals surface area contributed by atoms with Crippen LogP contribution in [0.15, 0.2) is 72.8 Å². The van der Waals surface area contributed by atoms with Crippen molar-refractivity contribution in [2.45, 2.75) is 64.5 Å². The Morgan fingerprint density at radius 2 is 1.77 bits per heavy atom. The van der Waals surface area contributed by atoms with Crippen molar-refractivity contribution in [1.82, 2.24) is 14.5 Å². The molecule has 2 aliphatic rings. The van der Waals surface area contributed by atoms with Gasteiger partial charge in [0.1, 0.15) is 11.6 Å². The number of allylic oxidation sites excluding steroid dienone is 1. The zero-order valence-corrected chi connectivity index (χ0v) is 23.2. The molecule has 4 aromatic rings. The van der Waals surface area contributed by atoms with E-state index in [-0.39, 0.29) is 24.6 Å². The van der Waals surface area contributed by atoms with Crippen LogP contribution in [-0.4, -0.2) is 33.5 Å². The zero-order chi connectivity index (χ0) is 27.9. The molecule has 0 bridgehead atoms. The first-order valence-corrected chi connectivity index (χ1v) is 14.4. The van der Waals surface area contributed by atoms with E-state index >= 15 is 0 Å². The van der Waals surface area contributed by atoms with Crippen LogP contribution in [0.3, 0.4) is 0 Å². The van der Waals surface area contributed by atoms with Crippen LogP contribution in [0.1, 0.15) is 66.6 Å². The van der Waals surface area contributed by atoms with E-state index in [2.05, 4.69) is 40.7 Å². The molecule has 2 heterocycles. The summed E-state index contributed by atoms with van der Waals surface area (Å²) in [7, 11) is 0. The van der Waals surface area contributed by atoms with E-state index in [4.69, 9.17) is 4.98 Å². The van der Waals surface area contributed by atoms with E-state index in [1.54, 1.807) is 12.1 Å². The molecule has 208 valence electrons. The summed E-state index contributed by atoms with van der Waals surface area (Å²) in [4.78, 5) is 7.49. The van der Waals surface area contributed by atoms with Gasteiger partial charge in [-0.25, -0.2) is 18.2 Å². The molecule has 1 aromatic heterocycles. The minimum Gasteiger partial charge on any atom is -0.327 e. The van der Waals surface area contributed by atoms with Gasteiger partial charge >= 0.3 is 0 Å². The molecule has 1 saturated heterocycles. The van der Waals surface area contributed by atoms with Crippen LogP contribution in [0.2, 0.25) is 0 Å². The van der Waals surface area contributed by atoms with Crippen LogP contribution in [0, 0.1) is 18.7 Å². The molecule has 3 nitrogen and oxygen atoms in total. The van der Waals surface area contributed by atoms with Crippen LogP contribution < -0.4 is 0 Å². The smallest absolute Gasteiger partial charge is 0.248 e. The molecule has 6 heteroatoms. The van der Waals surface area contributed by atoms with Crippen molar-refractivity contribution in [3.05, 3.63) is 107 Å². The number of benzene rings is 3. The molecule has 0 unspecified atom stereocenters. The van der Waals surface area contributed by atoms with E-state index in [0.717, 1.165) is 66.0 Å². The van der Waals surface area contributed by atoms with Gasteiger partial charge in [-0.05, 0) is 97.8 Å². The van der Waals surface area contributed by atoms with Gasteiger partial charge in [-0.2, -0.15) is 0 Å². The van der Waals surface area contributed by atoms with Gasteiger partial charge in [0.05, 0.1) is 11.0 Å². The summed E-state index contributed by atoms with van der Waals surface area (Å²) in [6, 6.07) is 21.4. The number of aromatic nitrogens is 2. The Hall–Kier alpha value is -3.38. The third kappa shape index (κ3) is 5.46. The number of hydrogen-bond donors (Lipinski definition) is 0. The number of imidazole rings is 1. The largest absolute Gasteiger partial charge is 0.327 e. The van der Waals surface area contributed by atoms with Gasteiger partial charge in [-0.15, -0.1) is 0 Å². The lowest BCUT2D eigenvalue weighted by molar-refractivity contribution is -0.114. The van der Waals surface area contributed by atoms with Crippen LogP contribution in [0.25, 0.3) is 16.6 Å². The Balaban J connectivity index is 1.13. The van der Waals surface area contributed by atoms with Crippen molar-refractivity contribution in [2.75, 3.05) is 13.1 Å². The maximum Gasteiger partial charge on any atom is 0.248 e. The van der Waals surface area contributed by atoms with Gasteiger partial charge in [0.2, 0.25) is 5.92 Å². The molecule has 1 aliphatic heterocycles. The number of fused-ring (bicyclic) bond motifs is 1. The van der Waals surface area contributed by atoms with Gasteiger partial charge in [0.15, 0.2) is 0 Å². The molecule has 1 aliphatic carbocycles. The highest BCUT2D eigenvalue weighted by atomic mass is 19.3. The number of piperidine rings is 1. The van der Waals surface area contributed by atoms with Gasteiger partial charge in [0.25, 0.3) is 0 Å². The lowest BCUT2D eigenvalue weighted by Gasteiger charge is -2.36. The SMILES string of the molecule is C/C=C(/c1cccc(F)c1)c1ccc(CN2CCC(c3nc4ccccc4n3CC3CC(F)(F)C3)CC2)cc1C. The predicted octanol–water partition coefficient (Wildman–Crippen LogP) is 8.36. The molecule has 3 aromatic carbocycles. The van der Waals surface area contributed by atoms with Crippen molar-refractivity contribution in [3.63, 3.8) is 0 Å². The average Bonchev–Trinajstić information content (AvgIpc) is 3.28. The molecule has 0 spiro atoms. The second-order valence-corrected chi connectivity index (χ2v) is 11.6. The molecule has 0 radical (unpaired) electrons. The van der Waals surface area contributed by atoms with E-state index in [1.165, 1.54) is 17.2 Å².